The van der Waals surface area contributed by atoms with Gasteiger partial charge < -0.3 is 14.8 Å². The second kappa shape index (κ2) is 9.78. The van der Waals surface area contributed by atoms with Crippen molar-refractivity contribution in [2.45, 2.75) is 26.9 Å². The van der Waals surface area contributed by atoms with Gasteiger partial charge in [0.05, 0.1) is 18.1 Å². The Morgan fingerprint density at radius 2 is 1.82 bits per heavy atom. The smallest absolute Gasteiger partial charge is 0.342 e. The summed E-state index contributed by atoms with van der Waals surface area (Å²) in [6, 6.07) is 9.43. The van der Waals surface area contributed by atoms with E-state index in [9.17, 15) is 24.1 Å². The van der Waals surface area contributed by atoms with Gasteiger partial charge in [0.2, 0.25) is 0 Å². The Morgan fingerprint density at radius 3 is 2.39 bits per heavy atom. The maximum Gasteiger partial charge on any atom is 0.342 e. The molecular formula is C23H21FN2O6S. The van der Waals surface area contributed by atoms with Gasteiger partial charge in [-0.15, -0.1) is 11.3 Å². The van der Waals surface area contributed by atoms with Crippen LogP contribution in [0.2, 0.25) is 0 Å². The number of ether oxygens (including phenoxy) is 2. The topological polar surface area (TPSA) is 108 Å². The fourth-order valence-electron chi connectivity index (χ4n) is 3.21. The molecule has 0 spiro atoms. The molecule has 0 unspecified atom stereocenters. The Kier molecular flexibility index (Phi) is 7.07. The lowest BCUT2D eigenvalue weighted by atomic mass is 10.0. The van der Waals surface area contributed by atoms with Crippen LogP contribution in [0.4, 0.5) is 15.1 Å². The quantitative estimate of drug-likeness (QED) is 0.273. The number of nitro groups is 1. The van der Waals surface area contributed by atoms with Crippen LogP contribution in [0.3, 0.4) is 0 Å². The van der Waals surface area contributed by atoms with E-state index in [-0.39, 0.29) is 27.6 Å². The van der Waals surface area contributed by atoms with Crippen LogP contribution < -0.4 is 10.1 Å². The van der Waals surface area contributed by atoms with E-state index in [4.69, 9.17) is 9.47 Å². The Morgan fingerprint density at radius 1 is 1.15 bits per heavy atom. The first-order valence-corrected chi connectivity index (χ1v) is 10.7. The van der Waals surface area contributed by atoms with Gasteiger partial charge in [-0.25, -0.2) is 9.18 Å². The molecule has 1 aromatic heterocycles. The maximum atomic E-state index is 13.4. The van der Waals surface area contributed by atoms with E-state index in [2.05, 4.69) is 5.32 Å². The average molecular weight is 472 g/mol. The molecule has 3 aromatic rings. The number of hydrogen-bond donors (Lipinski definition) is 1. The van der Waals surface area contributed by atoms with E-state index in [1.165, 1.54) is 43.5 Å². The van der Waals surface area contributed by atoms with Crippen LogP contribution in [-0.2, 0) is 4.74 Å². The molecule has 2 aromatic carbocycles. The number of esters is 1. The molecule has 0 atom stereocenters. The summed E-state index contributed by atoms with van der Waals surface area (Å²) < 4.78 is 23.8. The molecule has 3 rings (SSSR count). The Labute approximate surface area is 193 Å². The molecule has 1 amide bonds. The van der Waals surface area contributed by atoms with Gasteiger partial charge in [0.1, 0.15) is 16.4 Å². The van der Waals surface area contributed by atoms with E-state index in [0.717, 1.165) is 17.4 Å². The van der Waals surface area contributed by atoms with Crippen LogP contribution in [-0.4, -0.2) is 30.0 Å². The second-order valence-electron chi connectivity index (χ2n) is 7.30. The SMILES string of the molecule is COc1ccc(C(=O)Nc2sc(C)c(-c3ccc(F)cc3)c2C(=O)OC(C)C)cc1[N+](=O)[O-]. The second-order valence-corrected chi connectivity index (χ2v) is 8.52. The summed E-state index contributed by atoms with van der Waals surface area (Å²) in [5.74, 6) is -1.70. The van der Waals surface area contributed by atoms with Crippen molar-refractivity contribution in [2.24, 2.45) is 0 Å². The number of anilines is 1. The van der Waals surface area contributed by atoms with Crippen LogP contribution in [0.1, 0.15) is 39.4 Å². The molecule has 33 heavy (non-hydrogen) atoms. The molecule has 0 saturated carbocycles. The number of thiophene rings is 1. The summed E-state index contributed by atoms with van der Waals surface area (Å²) in [4.78, 5) is 37.2. The van der Waals surface area contributed by atoms with E-state index >= 15 is 0 Å². The van der Waals surface area contributed by atoms with E-state index in [0.29, 0.717) is 16.0 Å². The standard InChI is InChI=1S/C23H21FN2O6S/c1-12(2)32-23(28)20-19(14-5-8-16(24)9-6-14)13(3)33-22(20)25-21(27)15-7-10-18(31-4)17(11-15)26(29)30/h5-12H,1-4H3,(H,25,27). The number of nitrogens with one attached hydrogen (secondary N) is 1. The van der Waals surface area contributed by atoms with Crippen molar-refractivity contribution in [3.63, 3.8) is 0 Å². The van der Waals surface area contributed by atoms with Gasteiger partial charge >= 0.3 is 11.7 Å². The van der Waals surface area contributed by atoms with Gasteiger partial charge in [-0.05, 0) is 50.6 Å². The fourth-order valence-corrected chi connectivity index (χ4v) is 4.27. The van der Waals surface area contributed by atoms with Gasteiger partial charge in [-0.3, -0.25) is 14.9 Å². The van der Waals surface area contributed by atoms with Gasteiger partial charge in [-0.1, -0.05) is 12.1 Å². The van der Waals surface area contributed by atoms with Crippen molar-refractivity contribution in [2.75, 3.05) is 12.4 Å². The lowest BCUT2D eigenvalue weighted by molar-refractivity contribution is -0.385. The zero-order chi connectivity index (χ0) is 24.3. The number of rotatable bonds is 7. The molecular weight excluding hydrogens is 451 g/mol. The summed E-state index contributed by atoms with van der Waals surface area (Å²) in [5, 5.41) is 14.2. The largest absolute Gasteiger partial charge is 0.490 e. The Hall–Kier alpha value is -3.79. The molecule has 0 aliphatic heterocycles. The first kappa shape index (κ1) is 23.9. The van der Waals surface area contributed by atoms with E-state index in [1.54, 1.807) is 20.8 Å². The highest BCUT2D eigenvalue weighted by Crippen LogP contribution is 2.41. The highest BCUT2D eigenvalue weighted by molar-refractivity contribution is 7.17. The monoisotopic (exact) mass is 472 g/mol. The highest BCUT2D eigenvalue weighted by atomic mass is 32.1. The lowest BCUT2D eigenvalue weighted by Gasteiger charge is -2.12. The number of amides is 1. The summed E-state index contributed by atoms with van der Waals surface area (Å²) in [6.07, 6.45) is -0.411. The summed E-state index contributed by atoms with van der Waals surface area (Å²) >= 11 is 1.15. The van der Waals surface area contributed by atoms with Crippen molar-refractivity contribution in [3.05, 3.63) is 74.4 Å². The van der Waals surface area contributed by atoms with Crippen molar-refractivity contribution in [1.29, 1.82) is 0 Å². The third kappa shape index (κ3) is 5.17. The highest BCUT2D eigenvalue weighted by Gasteiger charge is 2.27. The van der Waals surface area contributed by atoms with Crippen LogP contribution in [0, 0.1) is 22.9 Å². The molecule has 8 nitrogen and oxygen atoms in total. The zero-order valence-electron chi connectivity index (χ0n) is 18.3. The molecule has 0 bridgehead atoms. The first-order chi connectivity index (χ1) is 15.6. The van der Waals surface area contributed by atoms with Gasteiger partial charge in [0.25, 0.3) is 5.91 Å². The number of methoxy groups -OCH3 is 1. The first-order valence-electron chi connectivity index (χ1n) is 9.86. The molecule has 0 fully saturated rings. The summed E-state index contributed by atoms with van der Waals surface area (Å²) in [5.41, 5.74) is 0.885. The summed E-state index contributed by atoms with van der Waals surface area (Å²) in [6.45, 7) is 5.16. The molecule has 0 saturated heterocycles. The van der Waals surface area contributed by atoms with E-state index in [1.807, 2.05) is 0 Å². The van der Waals surface area contributed by atoms with Crippen molar-refractivity contribution in [3.8, 4) is 16.9 Å². The Bertz CT molecular complexity index is 1220. The number of hydrogen-bond acceptors (Lipinski definition) is 7. The van der Waals surface area contributed by atoms with Gasteiger partial charge in [0, 0.05) is 22.1 Å². The predicted octanol–water partition coefficient (Wildman–Crippen LogP) is 5.60. The third-order valence-corrected chi connectivity index (χ3v) is 5.65. The molecule has 0 aliphatic carbocycles. The minimum absolute atomic E-state index is 0.0139. The third-order valence-electron chi connectivity index (χ3n) is 4.63. The van der Waals surface area contributed by atoms with Crippen LogP contribution in [0.25, 0.3) is 11.1 Å². The number of carbonyl (C=O) groups is 2. The number of nitro benzene ring substituents is 1. The average Bonchev–Trinajstić information content (AvgIpc) is 3.08. The number of halogens is 1. The van der Waals surface area contributed by atoms with Crippen molar-refractivity contribution in [1.82, 2.24) is 0 Å². The molecule has 172 valence electrons. The van der Waals surface area contributed by atoms with E-state index < -0.39 is 28.7 Å². The number of carbonyl (C=O) groups excluding carboxylic acids is 2. The molecule has 1 heterocycles. The molecule has 10 heteroatoms. The minimum atomic E-state index is -0.650. The molecule has 1 N–H and O–H groups in total. The van der Waals surface area contributed by atoms with Gasteiger partial charge in [0.15, 0.2) is 5.75 Å². The maximum absolute atomic E-state index is 13.4. The van der Waals surface area contributed by atoms with Crippen molar-refractivity contribution < 1.29 is 28.4 Å². The van der Waals surface area contributed by atoms with Crippen LogP contribution >= 0.6 is 11.3 Å². The predicted molar refractivity (Wildman–Crippen MR) is 123 cm³/mol. The van der Waals surface area contributed by atoms with Gasteiger partial charge in [-0.2, -0.15) is 0 Å². The zero-order valence-corrected chi connectivity index (χ0v) is 19.1. The summed E-state index contributed by atoms with van der Waals surface area (Å²) in [7, 11) is 1.29. The number of nitrogens with zero attached hydrogens (tertiary/aromatic N) is 1. The number of benzene rings is 2. The van der Waals surface area contributed by atoms with Crippen LogP contribution in [0.15, 0.2) is 42.5 Å². The normalized spacial score (nSPS) is 10.7. The van der Waals surface area contributed by atoms with Crippen LogP contribution in [0.5, 0.6) is 5.75 Å². The Balaban J connectivity index is 2.06. The molecule has 0 aliphatic rings. The minimum Gasteiger partial charge on any atom is -0.490 e. The fraction of sp³-hybridized carbons (Fsp3) is 0.217. The van der Waals surface area contributed by atoms with Crippen molar-refractivity contribution >= 4 is 33.9 Å². The number of aryl methyl sites for hydroxylation is 1. The molecule has 0 radical (unpaired) electrons. The lowest BCUT2D eigenvalue weighted by Crippen LogP contribution is -2.17.